The Morgan fingerprint density at radius 2 is 1.73 bits per heavy atom. The predicted molar refractivity (Wildman–Crippen MR) is 134 cm³/mol. The zero-order valence-corrected chi connectivity index (χ0v) is 20.9. The van der Waals surface area contributed by atoms with Crippen molar-refractivity contribution in [2.45, 2.75) is 25.9 Å². The van der Waals surface area contributed by atoms with Crippen LogP contribution in [-0.2, 0) is 22.6 Å². The van der Waals surface area contributed by atoms with Gasteiger partial charge in [-0.05, 0) is 53.9 Å². The lowest BCUT2D eigenvalue weighted by molar-refractivity contribution is -0.142. The molecule has 0 fully saturated rings. The van der Waals surface area contributed by atoms with Crippen molar-refractivity contribution in [1.29, 1.82) is 0 Å². The first-order valence-corrected chi connectivity index (χ1v) is 11.7. The molecule has 5 nitrogen and oxygen atoms in total. The molecule has 7 heteroatoms. The quantitative estimate of drug-likeness (QED) is 0.416. The Balaban J connectivity index is 1.86. The molecule has 1 N–H and O–H groups in total. The lowest BCUT2D eigenvalue weighted by Gasteiger charge is -2.31. The van der Waals surface area contributed by atoms with Gasteiger partial charge in [-0.25, -0.2) is 0 Å². The lowest BCUT2D eigenvalue weighted by Crippen LogP contribution is -2.51. The molecule has 0 saturated heterocycles. The van der Waals surface area contributed by atoms with Crippen LogP contribution in [0.25, 0.3) is 0 Å². The van der Waals surface area contributed by atoms with Crippen LogP contribution in [0.2, 0.25) is 5.02 Å². The fourth-order valence-electron chi connectivity index (χ4n) is 3.44. The van der Waals surface area contributed by atoms with Crippen LogP contribution in [0.15, 0.2) is 77.3 Å². The molecule has 0 spiro atoms. The van der Waals surface area contributed by atoms with E-state index in [1.165, 1.54) is 0 Å². The molecule has 3 aromatic carbocycles. The van der Waals surface area contributed by atoms with Gasteiger partial charge in [-0.2, -0.15) is 0 Å². The summed E-state index contributed by atoms with van der Waals surface area (Å²) in [5.41, 5.74) is 2.84. The first kappa shape index (κ1) is 24.8. The molecule has 3 aromatic rings. The molecule has 0 aromatic heterocycles. The number of nitrogens with one attached hydrogen (secondary N) is 1. The van der Waals surface area contributed by atoms with Crippen LogP contribution in [0.3, 0.4) is 0 Å². The number of likely N-dealkylation sites (N-methyl/N-ethyl adjacent to an activating group) is 1. The summed E-state index contributed by atoms with van der Waals surface area (Å²) >= 11 is 9.49. The number of hydrogen-bond acceptors (Lipinski definition) is 3. The van der Waals surface area contributed by atoms with Crippen LogP contribution >= 0.6 is 27.5 Å². The number of benzene rings is 3. The molecule has 2 amide bonds. The van der Waals surface area contributed by atoms with Gasteiger partial charge in [-0.15, -0.1) is 0 Å². The summed E-state index contributed by atoms with van der Waals surface area (Å²) in [4.78, 5) is 27.8. The van der Waals surface area contributed by atoms with Crippen molar-refractivity contribution in [3.63, 3.8) is 0 Å². The van der Waals surface area contributed by atoms with Crippen molar-refractivity contribution in [2.24, 2.45) is 0 Å². The number of nitrogens with zero attached hydrogens (tertiary/aromatic N) is 1. The van der Waals surface area contributed by atoms with E-state index < -0.39 is 6.04 Å². The van der Waals surface area contributed by atoms with Crippen molar-refractivity contribution >= 4 is 39.3 Å². The molecule has 0 heterocycles. The second kappa shape index (κ2) is 11.9. The second-order valence-electron chi connectivity index (χ2n) is 7.67. The van der Waals surface area contributed by atoms with Gasteiger partial charge < -0.3 is 15.0 Å². The highest BCUT2D eigenvalue weighted by Crippen LogP contribution is 2.22. The maximum absolute atomic E-state index is 13.4. The van der Waals surface area contributed by atoms with Gasteiger partial charge in [-0.3, -0.25) is 9.59 Å². The van der Waals surface area contributed by atoms with Crippen molar-refractivity contribution < 1.29 is 14.3 Å². The maximum atomic E-state index is 13.4. The van der Waals surface area contributed by atoms with E-state index in [1.807, 2.05) is 61.5 Å². The Hall–Kier alpha value is -2.83. The smallest absolute Gasteiger partial charge is 0.261 e. The van der Waals surface area contributed by atoms with Crippen molar-refractivity contribution in [1.82, 2.24) is 10.2 Å². The maximum Gasteiger partial charge on any atom is 0.261 e. The van der Waals surface area contributed by atoms with Gasteiger partial charge in [0.1, 0.15) is 11.8 Å². The molecule has 33 heavy (non-hydrogen) atoms. The summed E-state index contributed by atoms with van der Waals surface area (Å²) in [6, 6.07) is 21.7. The summed E-state index contributed by atoms with van der Waals surface area (Å²) in [6.45, 7) is 2.02. The Morgan fingerprint density at radius 1 is 1.03 bits per heavy atom. The fraction of sp³-hybridized carbons (Fsp3) is 0.231. The summed E-state index contributed by atoms with van der Waals surface area (Å²) in [5.74, 6) is 0.0748. The molecule has 0 radical (unpaired) electrons. The van der Waals surface area contributed by atoms with E-state index in [0.29, 0.717) is 17.2 Å². The van der Waals surface area contributed by atoms with E-state index in [0.717, 1.165) is 21.2 Å². The lowest BCUT2D eigenvalue weighted by atomic mass is 10.0. The van der Waals surface area contributed by atoms with Crippen LogP contribution in [-0.4, -0.2) is 36.4 Å². The van der Waals surface area contributed by atoms with E-state index in [9.17, 15) is 9.59 Å². The first-order valence-electron chi connectivity index (χ1n) is 10.6. The molecule has 1 unspecified atom stereocenters. The largest absolute Gasteiger partial charge is 0.484 e. The van der Waals surface area contributed by atoms with E-state index in [-0.39, 0.29) is 25.0 Å². The minimum Gasteiger partial charge on any atom is -0.484 e. The zero-order chi connectivity index (χ0) is 23.8. The third kappa shape index (κ3) is 7.07. The monoisotopic (exact) mass is 528 g/mol. The van der Waals surface area contributed by atoms with Crippen molar-refractivity contribution in [3.05, 3.63) is 99.0 Å². The molecule has 3 rings (SSSR count). The van der Waals surface area contributed by atoms with Crippen LogP contribution in [0.4, 0.5) is 0 Å². The van der Waals surface area contributed by atoms with Crippen LogP contribution < -0.4 is 10.1 Å². The van der Waals surface area contributed by atoms with E-state index in [2.05, 4.69) is 21.2 Å². The summed E-state index contributed by atoms with van der Waals surface area (Å²) in [5, 5.41) is 3.31. The summed E-state index contributed by atoms with van der Waals surface area (Å²) in [7, 11) is 1.58. The third-order valence-electron chi connectivity index (χ3n) is 5.28. The molecule has 0 bridgehead atoms. The number of carbonyl (C=O) groups excluding carboxylic acids is 2. The van der Waals surface area contributed by atoms with Gasteiger partial charge in [0, 0.05) is 29.5 Å². The van der Waals surface area contributed by atoms with Crippen LogP contribution in [0, 0.1) is 6.92 Å². The number of amides is 2. The molecular weight excluding hydrogens is 504 g/mol. The van der Waals surface area contributed by atoms with Gasteiger partial charge in [0.2, 0.25) is 5.91 Å². The van der Waals surface area contributed by atoms with E-state index >= 15 is 0 Å². The number of carbonyl (C=O) groups is 2. The predicted octanol–water partition coefficient (Wildman–Crippen LogP) is 5.18. The number of halogens is 2. The first-order chi connectivity index (χ1) is 15.9. The Kier molecular flexibility index (Phi) is 8.92. The standard InChI is InChI=1S/C26H26BrClN2O3/c1-18-14-22(12-13-23(18)27)33-17-25(31)30(16-20-8-10-21(28)11-9-20)24(26(32)29-2)15-19-6-4-3-5-7-19/h3-14,24H,15-17H2,1-2H3,(H,29,32). The van der Waals surface area contributed by atoms with Crippen molar-refractivity contribution in [2.75, 3.05) is 13.7 Å². The highest BCUT2D eigenvalue weighted by atomic mass is 79.9. The molecule has 0 saturated carbocycles. The average molecular weight is 530 g/mol. The Labute approximate surface area is 207 Å². The normalized spacial score (nSPS) is 11.5. The van der Waals surface area contributed by atoms with E-state index in [4.69, 9.17) is 16.3 Å². The number of aryl methyl sites for hydroxylation is 1. The van der Waals surface area contributed by atoms with Gasteiger partial charge in [0.25, 0.3) is 5.91 Å². The molecule has 0 aliphatic heterocycles. The number of ether oxygens (including phenoxy) is 1. The van der Waals surface area contributed by atoms with Crippen LogP contribution in [0.5, 0.6) is 5.75 Å². The zero-order valence-electron chi connectivity index (χ0n) is 18.6. The number of hydrogen-bond donors (Lipinski definition) is 1. The molecule has 0 aliphatic carbocycles. The SMILES string of the molecule is CNC(=O)C(Cc1ccccc1)N(Cc1ccc(Cl)cc1)C(=O)COc1ccc(Br)c(C)c1. The second-order valence-corrected chi connectivity index (χ2v) is 8.96. The molecular formula is C26H26BrClN2O3. The minimum atomic E-state index is -0.698. The van der Waals surface area contributed by atoms with Gasteiger partial charge in [-0.1, -0.05) is 70.0 Å². The molecule has 172 valence electrons. The van der Waals surface area contributed by atoms with Gasteiger partial charge in [0.05, 0.1) is 0 Å². The Morgan fingerprint density at radius 3 is 2.36 bits per heavy atom. The van der Waals surface area contributed by atoms with Gasteiger partial charge >= 0.3 is 0 Å². The average Bonchev–Trinajstić information content (AvgIpc) is 2.83. The topological polar surface area (TPSA) is 58.6 Å². The molecule has 0 aliphatic rings. The van der Waals surface area contributed by atoms with Crippen molar-refractivity contribution in [3.8, 4) is 5.75 Å². The molecule has 1 atom stereocenters. The third-order valence-corrected chi connectivity index (χ3v) is 6.42. The summed E-state index contributed by atoms with van der Waals surface area (Å²) in [6.07, 6.45) is 0.386. The minimum absolute atomic E-state index is 0.184. The fourth-order valence-corrected chi connectivity index (χ4v) is 3.81. The highest BCUT2D eigenvalue weighted by Gasteiger charge is 2.30. The number of rotatable bonds is 9. The van der Waals surface area contributed by atoms with Crippen LogP contribution in [0.1, 0.15) is 16.7 Å². The van der Waals surface area contributed by atoms with Gasteiger partial charge in [0.15, 0.2) is 6.61 Å². The highest BCUT2D eigenvalue weighted by molar-refractivity contribution is 9.10. The van der Waals surface area contributed by atoms with E-state index in [1.54, 1.807) is 30.1 Å². The Bertz CT molecular complexity index is 1090. The summed E-state index contributed by atoms with van der Waals surface area (Å²) < 4.78 is 6.76.